The number of hydrogen-bond acceptors (Lipinski definition) is 3. The van der Waals surface area contributed by atoms with Gasteiger partial charge in [0.2, 0.25) is 0 Å². The van der Waals surface area contributed by atoms with Crippen LogP contribution in [0.2, 0.25) is 0 Å². The summed E-state index contributed by atoms with van der Waals surface area (Å²) in [7, 11) is 0. The molecule has 4 nitrogen and oxygen atoms in total. The normalized spacial score (nSPS) is 10.5. The number of nitrogens with zero attached hydrogens (tertiary/aromatic N) is 2. The van der Waals surface area contributed by atoms with Gasteiger partial charge in [0.05, 0.1) is 22.7 Å². The predicted molar refractivity (Wildman–Crippen MR) is 64.5 cm³/mol. The molecular formula is C13H12N2O2. The molecular weight excluding hydrogens is 216 g/mol. The first-order valence-electron chi connectivity index (χ1n) is 5.26. The molecule has 86 valence electrons. The van der Waals surface area contributed by atoms with E-state index in [4.69, 9.17) is 11.2 Å². The summed E-state index contributed by atoms with van der Waals surface area (Å²) in [5.41, 5.74) is 1.96. The fourth-order valence-electron chi connectivity index (χ4n) is 1.52. The van der Waals surface area contributed by atoms with Crippen LogP contribution in [-0.2, 0) is 4.74 Å². The average Bonchev–Trinajstić information content (AvgIpc) is 2.69. The van der Waals surface area contributed by atoms with Crippen molar-refractivity contribution >= 4 is 17.0 Å². The third-order valence-electron chi connectivity index (χ3n) is 2.26. The Bertz CT molecular complexity index is 605. The van der Waals surface area contributed by atoms with Crippen molar-refractivity contribution < 1.29 is 9.53 Å². The SMILES string of the molecule is C#Cn1cnc2cc(C(=O)OC(C)C)ccc21. The van der Waals surface area contributed by atoms with Crippen molar-refractivity contribution in [2.75, 3.05) is 0 Å². The van der Waals surface area contributed by atoms with Gasteiger partial charge in [-0.1, -0.05) is 6.42 Å². The van der Waals surface area contributed by atoms with E-state index in [0.29, 0.717) is 11.1 Å². The fourth-order valence-corrected chi connectivity index (χ4v) is 1.52. The number of carbonyl (C=O) groups excluding carboxylic acids is 1. The Morgan fingerprint density at radius 2 is 2.29 bits per heavy atom. The lowest BCUT2D eigenvalue weighted by atomic mass is 10.2. The highest BCUT2D eigenvalue weighted by atomic mass is 16.5. The Morgan fingerprint density at radius 3 is 2.94 bits per heavy atom. The molecule has 0 aliphatic rings. The van der Waals surface area contributed by atoms with Crippen LogP contribution < -0.4 is 0 Å². The van der Waals surface area contributed by atoms with Gasteiger partial charge < -0.3 is 4.74 Å². The smallest absolute Gasteiger partial charge is 0.338 e. The second-order valence-corrected chi connectivity index (χ2v) is 3.90. The van der Waals surface area contributed by atoms with E-state index in [9.17, 15) is 4.79 Å². The lowest BCUT2D eigenvalue weighted by Crippen LogP contribution is -2.11. The molecule has 0 bridgehead atoms. The maximum Gasteiger partial charge on any atom is 0.338 e. The number of ether oxygens (including phenoxy) is 1. The summed E-state index contributed by atoms with van der Waals surface area (Å²) in [4.78, 5) is 15.8. The zero-order valence-corrected chi connectivity index (χ0v) is 9.68. The van der Waals surface area contributed by atoms with Crippen LogP contribution in [0.5, 0.6) is 0 Å². The van der Waals surface area contributed by atoms with Crippen LogP contribution in [0, 0.1) is 12.5 Å². The Kier molecular flexibility index (Phi) is 2.84. The first-order valence-corrected chi connectivity index (χ1v) is 5.26. The lowest BCUT2D eigenvalue weighted by Gasteiger charge is -2.07. The Hall–Kier alpha value is -2.28. The summed E-state index contributed by atoms with van der Waals surface area (Å²) >= 11 is 0. The van der Waals surface area contributed by atoms with E-state index in [2.05, 4.69) is 11.0 Å². The maximum atomic E-state index is 11.7. The molecule has 0 radical (unpaired) electrons. The molecule has 0 N–H and O–H groups in total. The molecule has 1 aromatic carbocycles. The zero-order valence-electron chi connectivity index (χ0n) is 9.68. The fraction of sp³-hybridized carbons (Fsp3) is 0.231. The number of rotatable bonds is 2. The van der Waals surface area contributed by atoms with Crippen LogP contribution in [0.3, 0.4) is 0 Å². The van der Waals surface area contributed by atoms with Crippen molar-refractivity contribution in [3.8, 4) is 12.5 Å². The van der Waals surface area contributed by atoms with Gasteiger partial charge in [0.25, 0.3) is 0 Å². The number of aromatic nitrogens is 2. The summed E-state index contributed by atoms with van der Waals surface area (Å²) < 4.78 is 6.67. The van der Waals surface area contributed by atoms with Gasteiger partial charge in [-0.05, 0) is 32.0 Å². The minimum absolute atomic E-state index is 0.138. The van der Waals surface area contributed by atoms with E-state index in [1.54, 1.807) is 29.1 Å². The maximum absolute atomic E-state index is 11.7. The zero-order chi connectivity index (χ0) is 12.4. The van der Waals surface area contributed by atoms with Gasteiger partial charge >= 0.3 is 5.97 Å². The summed E-state index contributed by atoms with van der Waals surface area (Å²) in [5.74, 6) is -0.350. The van der Waals surface area contributed by atoms with Gasteiger partial charge in [-0.2, -0.15) is 0 Å². The van der Waals surface area contributed by atoms with Gasteiger partial charge in [0, 0.05) is 6.04 Å². The Morgan fingerprint density at radius 1 is 1.53 bits per heavy atom. The van der Waals surface area contributed by atoms with Crippen molar-refractivity contribution in [2.24, 2.45) is 0 Å². The molecule has 0 fully saturated rings. The van der Waals surface area contributed by atoms with Crippen molar-refractivity contribution in [2.45, 2.75) is 20.0 Å². The summed E-state index contributed by atoms with van der Waals surface area (Å²) in [6.45, 7) is 3.62. The number of hydrogen-bond donors (Lipinski definition) is 0. The van der Waals surface area contributed by atoms with Crippen molar-refractivity contribution in [1.29, 1.82) is 0 Å². The first kappa shape index (κ1) is 11.2. The van der Waals surface area contributed by atoms with Crippen molar-refractivity contribution in [3.05, 3.63) is 30.1 Å². The predicted octanol–water partition coefficient (Wildman–Crippen LogP) is 2.04. The second kappa shape index (κ2) is 4.30. The van der Waals surface area contributed by atoms with Gasteiger partial charge in [-0.15, -0.1) is 0 Å². The second-order valence-electron chi connectivity index (χ2n) is 3.90. The number of terminal acetylenes is 1. The lowest BCUT2D eigenvalue weighted by molar-refractivity contribution is 0.0378. The van der Waals surface area contributed by atoms with Crippen LogP contribution in [0.4, 0.5) is 0 Å². The highest BCUT2D eigenvalue weighted by molar-refractivity contribution is 5.93. The summed E-state index contributed by atoms with van der Waals surface area (Å²) in [6, 6.07) is 7.59. The van der Waals surface area contributed by atoms with Crippen LogP contribution in [0.25, 0.3) is 11.0 Å². The van der Waals surface area contributed by atoms with E-state index in [-0.39, 0.29) is 12.1 Å². The minimum atomic E-state index is -0.350. The molecule has 0 atom stereocenters. The molecule has 0 saturated carbocycles. The highest BCUT2D eigenvalue weighted by Gasteiger charge is 2.11. The minimum Gasteiger partial charge on any atom is -0.459 e. The largest absolute Gasteiger partial charge is 0.459 e. The molecule has 17 heavy (non-hydrogen) atoms. The summed E-state index contributed by atoms with van der Waals surface area (Å²) in [5, 5.41) is 0. The number of benzene rings is 1. The van der Waals surface area contributed by atoms with E-state index in [1.807, 2.05) is 13.8 Å². The first-order chi connectivity index (χ1) is 8.11. The third kappa shape index (κ3) is 2.13. The molecule has 1 heterocycles. The van der Waals surface area contributed by atoms with E-state index >= 15 is 0 Å². The van der Waals surface area contributed by atoms with Crippen LogP contribution in [0.15, 0.2) is 24.5 Å². The molecule has 0 unspecified atom stereocenters. The van der Waals surface area contributed by atoms with Crippen LogP contribution in [0.1, 0.15) is 24.2 Å². The van der Waals surface area contributed by atoms with Gasteiger partial charge in [-0.25, -0.2) is 9.78 Å². The Labute approximate surface area is 99.2 Å². The molecule has 0 aliphatic carbocycles. The van der Waals surface area contributed by atoms with Crippen molar-refractivity contribution in [1.82, 2.24) is 9.55 Å². The Balaban J connectivity index is 2.39. The van der Waals surface area contributed by atoms with Crippen LogP contribution in [-0.4, -0.2) is 21.6 Å². The molecule has 4 heteroatoms. The third-order valence-corrected chi connectivity index (χ3v) is 2.26. The molecule has 2 rings (SSSR count). The van der Waals surface area contributed by atoms with Crippen LogP contribution >= 0.6 is 0 Å². The van der Waals surface area contributed by atoms with Gasteiger partial charge in [0.1, 0.15) is 6.33 Å². The van der Waals surface area contributed by atoms with Gasteiger partial charge in [0.15, 0.2) is 0 Å². The molecule has 2 aromatic rings. The monoisotopic (exact) mass is 228 g/mol. The molecule has 0 saturated heterocycles. The van der Waals surface area contributed by atoms with Crippen molar-refractivity contribution in [3.63, 3.8) is 0 Å². The number of carbonyl (C=O) groups is 1. The number of imidazole rings is 1. The standard InChI is InChI=1S/C13H12N2O2/c1-4-15-8-14-11-7-10(5-6-12(11)15)13(16)17-9(2)3/h1,5-9H,2-3H3. The topological polar surface area (TPSA) is 44.1 Å². The molecule has 0 aliphatic heterocycles. The quantitative estimate of drug-likeness (QED) is 0.583. The highest BCUT2D eigenvalue weighted by Crippen LogP contribution is 2.15. The van der Waals surface area contributed by atoms with E-state index < -0.39 is 0 Å². The number of esters is 1. The van der Waals surface area contributed by atoms with E-state index in [1.165, 1.54) is 0 Å². The van der Waals surface area contributed by atoms with E-state index in [0.717, 1.165) is 5.52 Å². The summed E-state index contributed by atoms with van der Waals surface area (Å²) in [6.07, 6.45) is 6.71. The molecule has 0 amide bonds. The molecule has 0 spiro atoms. The number of fused-ring (bicyclic) bond motifs is 1. The average molecular weight is 228 g/mol. The molecule has 1 aromatic heterocycles. The van der Waals surface area contributed by atoms with Gasteiger partial charge in [-0.3, -0.25) is 4.57 Å².